The van der Waals surface area contributed by atoms with Gasteiger partial charge in [0, 0.05) is 25.7 Å². The molecule has 1 fully saturated rings. The van der Waals surface area contributed by atoms with E-state index >= 15 is 0 Å². The van der Waals surface area contributed by atoms with Crippen LogP contribution >= 0.6 is 0 Å². The highest BCUT2D eigenvalue weighted by atomic mass is 16.5. The molecule has 1 atom stereocenters. The van der Waals surface area contributed by atoms with Crippen molar-refractivity contribution in [2.45, 2.75) is 13.0 Å². The van der Waals surface area contributed by atoms with Gasteiger partial charge in [-0.2, -0.15) is 0 Å². The van der Waals surface area contributed by atoms with E-state index < -0.39 is 0 Å². The number of methoxy groups -OCH3 is 1. The van der Waals surface area contributed by atoms with Crippen molar-refractivity contribution in [3.8, 4) is 11.5 Å². The van der Waals surface area contributed by atoms with Gasteiger partial charge in [0.05, 0.1) is 7.11 Å². The van der Waals surface area contributed by atoms with Crippen LogP contribution in [0.5, 0.6) is 11.5 Å². The third-order valence-electron chi connectivity index (χ3n) is 3.24. The Hall–Kier alpha value is -1.75. The molecule has 0 unspecified atom stereocenters. The van der Waals surface area contributed by atoms with Gasteiger partial charge in [-0.1, -0.05) is 12.1 Å². The van der Waals surface area contributed by atoms with Gasteiger partial charge in [0.15, 0.2) is 18.1 Å². The molecular weight excluding hydrogens is 244 g/mol. The Labute approximate surface area is 113 Å². The van der Waals surface area contributed by atoms with Crippen LogP contribution < -0.4 is 14.8 Å². The van der Waals surface area contributed by atoms with Gasteiger partial charge in [0.25, 0.3) is 5.91 Å². The first-order chi connectivity index (χ1) is 9.22. The van der Waals surface area contributed by atoms with Crippen LogP contribution in [0.3, 0.4) is 0 Å². The van der Waals surface area contributed by atoms with E-state index in [1.165, 1.54) is 0 Å². The summed E-state index contributed by atoms with van der Waals surface area (Å²) in [4.78, 5) is 14.0. The van der Waals surface area contributed by atoms with Crippen LogP contribution in [0.2, 0.25) is 0 Å². The molecule has 0 saturated carbocycles. The van der Waals surface area contributed by atoms with Crippen molar-refractivity contribution in [1.82, 2.24) is 10.2 Å². The summed E-state index contributed by atoms with van der Waals surface area (Å²) in [6, 6.07) is 7.55. The van der Waals surface area contributed by atoms with Gasteiger partial charge < -0.3 is 19.7 Å². The molecule has 2 rings (SSSR count). The molecule has 19 heavy (non-hydrogen) atoms. The lowest BCUT2D eigenvalue weighted by atomic mass is 10.2. The molecule has 1 aliphatic rings. The van der Waals surface area contributed by atoms with Gasteiger partial charge in [-0.3, -0.25) is 4.79 Å². The molecule has 1 aromatic carbocycles. The van der Waals surface area contributed by atoms with E-state index in [0.717, 1.165) is 19.6 Å². The van der Waals surface area contributed by atoms with Crippen molar-refractivity contribution in [3.63, 3.8) is 0 Å². The van der Waals surface area contributed by atoms with E-state index in [0.29, 0.717) is 11.5 Å². The Bertz CT molecular complexity index is 436. The summed E-state index contributed by atoms with van der Waals surface area (Å²) in [5, 5.41) is 3.26. The predicted molar refractivity (Wildman–Crippen MR) is 72.5 cm³/mol. The molecule has 1 N–H and O–H groups in total. The Kier molecular flexibility index (Phi) is 4.63. The third-order valence-corrected chi connectivity index (χ3v) is 3.24. The number of amides is 1. The third kappa shape index (κ3) is 3.38. The molecule has 0 aliphatic carbocycles. The number of ether oxygens (including phenoxy) is 2. The lowest BCUT2D eigenvalue weighted by molar-refractivity contribution is -0.136. The molecule has 1 amide bonds. The maximum Gasteiger partial charge on any atom is 0.260 e. The minimum atomic E-state index is 0.0138. The summed E-state index contributed by atoms with van der Waals surface area (Å²) in [5.74, 6) is 1.25. The van der Waals surface area contributed by atoms with E-state index in [-0.39, 0.29) is 18.6 Å². The average Bonchev–Trinajstić information content (AvgIpc) is 2.45. The molecule has 104 valence electrons. The second-order valence-corrected chi connectivity index (χ2v) is 4.58. The van der Waals surface area contributed by atoms with Gasteiger partial charge in [-0.25, -0.2) is 0 Å². The second-order valence-electron chi connectivity index (χ2n) is 4.58. The Balaban J connectivity index is 1.92. The van der Waals surface area contributed by atoms with Crippen molar-refractivity contribution >= 4 is 5.91 Å². The van der Waals surface area contributed by atoms with E-state index in [4.69, 9.17) is 9.47 Å². The maximum atomic E-state index is 12.1. The lowest BCUT2D eigenvalue weighted by Gasteiger charge is -2.33. The number of carbonyl (C=O) groups excluding carboxylic acids is 1. The maximum absolute atomic E-state index is 12.1. The fourth-order valence-electron chi connectivity index (χ4n) is 2.17. The quantitative estimate of drug-likeness (QED) is 0.877. The number of para-hydroxylation sites is 2. The summed E-state index contributed by atoms with van der Waals surface area (Å²) < 4.78 is 10.7. The van der Waals surface area contributed by atoms with Crippen molar-refractivity contribution in [3.05, 3.63) is 24.3 Å². The highest BCUT2D eigenvalue weighted by molar-refractivity contribution is 5.78. The van der Waals surface area contributed by atoms with Crippen LogP contribution in [0.1, 0.15) is 6.92 Å². The summed E-state index contributed by atoms with van der Waals surface area (Å²) in [5.41, 5.74) is 0. The predicted octanol–water partition coefficient (Wildman–Crippen LogP) is 0.894. The minimum Gasteiger partial charge on any atom is -0.493 e. The minimum absolute atomic E-state index is 0.0138. The zero-order valence-corrected chi connectivity index (χ0v) is 11.4. The SMILES string of the molecule is COc1ccccc1OCC(=O)N1CCNC[C@@H]1C. The molecule has 1 saturated heterocycles. The summed E-state index contributed by atoms with van der Waals surface area (Å²) in [6.07, 6.45) is 0. The van der Waals surface area contributed by atoms with Gasteiger partial charge in [0.1, 0.15) is 0 Å². The molecule has 1 aliphatic heterocycles. The van der Waals surface area contributed by atoms with Crippen molar-refractivity contribution in [2.24, 2.45) is 0 Å². The number of hydrogen-bond donors (Lipinski definition) is 1. The van der Waals surface area contributed by atoms with Crippen LogP contribution in [-0.4, -0.2) is 50.2 Å². The van der Waals surface area contributed by atoms with E-state index in [9.17, 15) is 4.79 Å². The molecule has 1 heterocycles. The molecule has 0 bridgehead atoms. The van der Waals surface area contributed by atoms with E-state index in [2.05, 4.69) is 5.32 Å². The largest absolute Gasteiger partial charge is 0.493 e. The molecule has 0 radical (unpaired) electrons. The van der Waals surface area contributed by atoms with E-state index in [1.54, 1.807) is 13.2 Å². The molecule has 1 aromatic rings. The monoisotopic (exact) mass is 264 g/mol. The summed E-state index contributed by atoms with van der Waals surface area (Å²) in [7, 11) is 1.59. The van der Waals surface area contributed by atoms with Crippen LogP contribution in [0.4, 0.5) is 0 Å². The number of benzene rings is 1. The first-order valence-electron chi connectivity index (χ1n) is 6.48. The first kappa shape index (κ1) is 13.7. The van der Waals surface area contributed by atoms with Crippen LogP contribution in [0, 0.1) is 0 Å². The standard InChI is InChI=1S/C14H20N2O3/c1-11-9-15-7-8-16(11)14(17)10-19-13-6-4-3-5-12(13)18-2/h3-6,11,15H,7-10H2,1-2H3/t11-/m0/s1. The van der Waals surface area contributed by atoms with Crippen LogP contribution in [0.15, 0.2) is 24.3 Å². The lowest BCUT2D eigenvalue weighted by Crippen LogP contribution is -2.53. The van der Waals surface area contributed by atoms with Gasteiger partial charge in [-0.15, -0.1) is 0 Å². The topological polar surface area (TPSA) is 50.8 Å². The molecule has 5 nitrogen and oxygen atoms in total. The second kappa shape index (κ2) is 6.43. The average molecular weight is 264 g/mol. The number of piperazine rings is 1. The Morgan fingerprint density at radius 1 is 1.42 bits per heavy atom. The van der Waals surface area contributed by atoms with E-state index in [1.807, 2.05) is 30.0 Å². The smallest absolute Gasteiger partial charge is 0.260 e. The van der Waals surface area contributed by atoms with Crippen molar-refractivity contribution < 1.29 is 14.3 Å². The fourth-order valence-corrected chi connectivity index (χ4v) is 2.17. The highest BCUT2D eigenvalue weighted by Gasteiger charge is 2.23. The number of nitrogens with zero attached hydrogens (tertiary/aromatic N) is 1. The summed E-state index contributed by atoms with van der Waals surface area (Å²) in [6.45, 7) is 4.48. The Morgan fingerprint density at radius 3 is 2.84 bits per heavy atom. The Morgan fingerprint density at radius 2 is 2.16 bits per heavy atom. The van der Waals surface area contributed by atoms with Crippen LogP contribution in [-0.2, 0) is 4.79 Å². The molecular formula is C14H20N2O3. The zero-order valence-electron chi connectivity index (χ0n) is 11.4. The van der Waals surface area contributed by atoms with Crippen LogP contribution in [0.25, 0.3) is 0 Å². The zero-order chi connectivity index (χ0) is 13.7. The van der Waals surface area contributed by atoms with Gasteiger partial charge in [0.2, 0.25) is 0 Å². The molecule has 0 spiro atoms. The number of nitrogens with one attached hydrogen (secondary N) is 1. The molecule has 0 aromatic heterocycles. The van der Waals surface area contributed by atoms with Crippen molar-refractivity contribution in [2.75, 3.05) is 33.4 Å². The highest BCUT2D eigenvalue weighted by Crippen LogP contribution is 2.25. The molecule has 5 heteroatoms. The number of rotatable bonds is 4. The summed E-state index contributed by atoms with van der Waals surface area (Å²) >= 11 is 0. The number of hydrogen-bond acceptors (Lipinski definition) is 4. The van der Waals surface area contributed by atoms with Gasteiger partial charge in [-0.05, 0) is 19.1 Å². The number of carbonyl (C=O) groups is 1. The normalized spacial score (nSPS) is 19.1. The van der Waals surface area contributed by atoms with Gasteiger partial charge >= 0.3 is 0 Å². The first-order valence-corrected chi connectivity index (χ1v) is 6.48. The fraction of sp³-hybridized carbons (Fsp3) is 0.500. The van der Waals surface area contributed by atoms with Crippen molar-refractivity contribution in [1.29, 1.82) is 0 Å².